The Morgan fingerprint density at radius 1 is 1.25 bits per heavy atom. The molecule has 2 rings (SSSR count). The van der Waals surface area contributed by atoms with Gasteiger partial charge >= 0.3 is 0 Å². The fourth-order valence-corrected chi connectivity index (χ4v) is 2.08. The van der Waals surface area contributed by atoms with Crippen LogP contribution in [0.25, 0.3) is 0 Å². The van der Waals surface area contributed by atoms with Crippen LogP contribution in [0.4, 0.5) is 0 Å². The van der Waals surface area contributed by atoms with Crippen molar-refractivity contribution in [1.82, 2.24) is 5.32 Å². The maximum atomic E-state index is 9.79. The summed E-state index contributed by atoms with van der Waals surface area (Å²) in [7, 11) is 3.08. The Hall–Kier alpha value is -1.42. The molecule has 0 spiro atoms. The molecule has 1 aliphatic rings. The molecule has 1 unspecified atom stereocenters. The topological polar surface area (TPSA) is 50.7 Å². The maximum absolute atomic E-state index is 9.79. The van der Waals surface area contributed by atoms with Crippen LogP contribution in [0.3, 0.4) is 0 Å². The normalized spacial score (nSPS) is 19.8. The van der Waals surface area contributed by atoms with Crippen molar-refractivity contribution < 1.29 is 14.6 Å². The molecular weight excluding hydrogens is 206 g/mol. The Morgan fingerprint density at radius 3 is 2.31 bits per heavy atom. The summed E-state index contributed by atoms with van der Waals surface area (Å²) in [5, 5.41) is 13.2. The molecule has 0 aromatic heterocycles. The summed E-state index contributed by atoms with van der Waals surface area (Å²) >= 11 is 0. The van der Waals surface area contributed by atoms with Crippen molar-refractivity contribution in [2.24, 2.45) is 0 Å². The average Bonchev–Trinajstić information content (AvgIpc) is 2.83. The van der Waals surface area contributed by atoms with Gasteiger partial charge in [0.05, 0.1) is 14.2 Å². The molecule has 4 heteroatoms. The fourth-order valence-electron chi connectivity index (χ4n) is 2.08. The van der Waals surface area contributed by atoms with Gasteiger partial charge in [0.25, 0.3) is 0 Å². The van der Waals surface area contributed by atoms with E-state index in [9.17, 15) is 5.11 Å². The Balaban J connectivity index is 2.37. The highest BCUT2D eigenvalue weighted by atomic mass is 16.5. The van der Waals surface area contributed by atoms with Crippen LogP contribution in [-0.2, 0) is 0 Å². The van der Waals surface area contributed by atoms with Gasteiger partial charge in [-0.1, -0.05) is 0 Å². The van der Waals surface area contributed by atoms with Crippen LogP contribution in [0.5, 0.6) is 17.2 Å². The Kier molecular flexibility index (Phi) is 3.19. The molecule has 0 bridgehead atoms. The minimum Gasteiger partial charge on any atom is -0.502 e. The molecule has 1 aromatic rings. The van der Waals surface area contributed by atoms with E-state index in [0.29, 0.717) is 17.5 Å². The van der Waals surface area contributed by atoms with E-state index < -0.39 is 0 Å². The van der Waals surface area contributed by atoms with Crippen molar-refractivity contribution in [1.29, 1.82) is 0 Å². The van der Waals surface area contributed by atoms with Gasteiger partial charge < -0.3 is 19.9 Å². The first-order chi connectivity index (χ1) is 7.76. The lowest BCUT2D eigenvalue weighted by Gasteiger charge is -2.15. The van der Waals surface area contributed by atoms with Crippen molar-refractivity contribution in [3.8, 4) is 17.2 Å². The van der Waals surface area contributed by atoms with Crippen LogP contribution < -0.4 is 14.8 Å². The molecule has 0 saturated carbocycles. The maximum Gasteiger partial charge on any atom is 0.200 e. The van der Waals surface area contributed by atoms with Crippen LogP contribution in [0.2, 0.25) is 0 Å². The highest BCUT2D eigenvalue weighted by Gasteiger charge is 2.20. The second kappa shape index (κ2) is 4.61. The van der Waals surface area contributed by atoms with Crippen LogP contribution in [0.15, 0.2) is 12.1 Å². The zero-order chi connectivity index (χ0) is 11.5. The lowest BCUT2D eigenvalue weighted by Crippen LogP contribution is -2.13. The third kappa shape index (κ3) is 1.93. The predicted octanol–water partition coefficient (Wildman–Crippen LogP) is 1.83. The first-order valence-corrected chi connectivity index (χ1v) is 5.44. The number of nitrogens with one attached hydrogen (secondary N) is 1. The van der Waals surface area contributed by atoms with Gasteiger partial charge in [0.2, 0.25) is 5.75 Å². The number of benzene rings is 1. The molecule has 88 valence electrons. The number of hydrogen-bond acceptors (Lipinski definition) is 4. The standard InChI is InChI=1S/C12H17NO3/c1-15-10-6-8(9-4-3-5-13-9)7-11(16-2)12(10)14/h6-7,9,13-14H,3-5H2,1-2H3. The molecule has 0 amide bonds. The summed E-state index contributed by atoms with van der Waals surface area (Å²) < 4.78 is 10.3. The highest BCUT2D eigenvalue weighted by Crippen LogP contribution is 2.39. The van der Waals surface area contributed by atoms with E-state index >= 15 is 0 Å². The van der Waals surface area contributed by atoms with Gasteiger partial charge in [-0.25, -0.2) is 0 Å². The first kappa shape index (κ1) is 11.1. The van der Waals surface area contributed by atoms with Crippen molar-refractivity contribution in [2.45, 2.75) is 18.9 Å². The minimum atomic E-state index is 0.0618. The van der Waals surface area contributed by atoms with E-state index in [4.69, 9.17) is 9.47 Å². The van der Waals surface area contributed by atoms with Crippen LogP contribution >= 0.6 is 0 Å². The lowest BCUT2D eigenvalue weighted by atomic mass is 10.0. The molecular formula is C12H17NO3. The number of aromatic hydroxyl groups is 1. The summed E-state index contributed by atoms with van der Waals surface area (Å²) in [6.07, 6.45) is 2.28. The molecule has 1 aliphatic heterocycles. The third-order valence-electron chi connectivity index (χ3n) is 2.96. The molecule has 1 atom stereocenters. The second-order valence-corrected chi connectivity index (χ2v) is 3.92. The number of phenols is 1. The van der Waals surface area contributed by atoms with Crippen molar-refractivity contribution >= 4 is 0 Å². The van der Waals surface area contributed by atoms with E-state index in [1.165, 1.54) is 6.42 Å². The van der Waals surface area contributed by atoms with E-state index in [0.717, 1.165) is 18.5 Å². The minimum absolute atomic E-state index is 0.0618. The summed E-state index contributed by atoms with van der Waals surface area (Å²) in [6, 6.07) is 4.06. The monoisotopic (exact) mass is 223 g/mol. The van der Waals surface area contributed by atoms with E-state index in [-0.39, 0.29) is 5.75 Å². The SMILES string of the molecule is COc1cc(C2CCCN2)cc(OC)c1O. The average molecular weight is 223 g/mol. The van der Waals surface area contributed by atoms with Crippen LogP contribution in [-0.4, -0.2) is 25.9 Å². The quantitative estimate of drug-likeness (QED) is 0.821. The summed E-state index contributed by atoms with van der Waals surface area (Å²) in [5.74, 6) is 0.984. The van der Waals surface area contributed by atoms with Crippen molar-refractivity contribution in [3.05, 3.63) is 17.7 Å². The first-order valence-electron chi connectivity index (χ1n) is 5.44. The Morgan fingerprint density at radius 2 is 1.88 bits per heavy atom. The molecule has 1 heterocycles. The molecule has 1 saturated heterocycles. The van der Waals surface area contributed by atoms with E-state index in [1.807, 2.05) is 12.1 Å². The summed E-state index contributed by atoms with van der Waals surface area (Å²) in [4.78, 5) is 0. The molecule has 1 aromatic carbocycles. The van der Waals surface area contributed by atoms with Gasteiger partial charge in [-0.15, -0.1) is 0 Å². The molecule has 1 fully saturated rings. The van der Waals surface area contributed by atoms with Gasteiger partial charge in [0.1, 0.15) is 0 Å². The fraction of sp³-hybridized carbons (Fsp3) is 0.500. The number of rotatable bonds is 3. The van der Waals surface area contributed by atoms with Gasteiger partial charge in [0.15, 0.2) is 11.5 Å². The Labute approximate surface area is 95.2 Å². The number of phenolic OH excluding ortho intramolecular Hbond substituents is 1. The highest BCUT2D eigenvalue weighted by molar-refractivity contribution is 5.53. The molecule has 2 N–H and O–H groups in total. The van der Waals surface area contributed by atoms with Gasteiger partial charge in [-0.3, -0.25) is 0 Å². The largest absolute Gasteiger partial charge is 0.502 e. The van der Waals surface area contributed by atoms with Gasteiger partial charge in [0, 0.05) is 6.04 Å². The molecule has 0 aliphatic carbocycles. The Bertz CT molecular complexity index is 348. The van der Waals surface area contributed by atoms with Crippen molar-refractivity contribution in [2.75, 3.05) is 20.8 Å². The summed E-state index contributed by atoms with van der Waals surface area (Å²) in [6.45, 7) is 1.04. The predicted molar refractivity (Wildman–Crippen MR) is 61.2 cm³/mol. The summed E-state index contributed by atoms with van der Waals surface area (Å²) in [5.41, 5.74) is 1.10. The zero-order valence-corrected chi connectivity index (χ0v) is 9.62. The second-order valence-electron chi connectivity index (χ2n) is 3.92. The van der Waals surface area contributed by atoms with Gasteiger partial charge in [-0.05, 0) is 37.1 Å². The number of ether oxygens (including phenoxy) is 2. The van der Waals surface area contributed by atoms with E-state index in [2.05, 4.69) is 5.32 Å². The third-order valence-corrected chi connectivity index (χ3v) is 2.96. The molecule has 0 radical (unpaired) electrons. The zero-order valence-electron chi connectivity index (χ0n) is 9.62. The van der Waals surface area contributed by atoms with Crippen LogP contribution in [0, 0.1) is 0 Å². The van der Waals surface area contributed by atoms with Crippen LogP contribution in [0.1, 0.15) is 24.4 Å². The van der Waals surface area contributed by atoms with E-state index in [1.54, 1.807) is 14.2 Å². The molecule has 16 heavy (non-hydrogen) atoms. The van der Waals surface area contributed by atoms with Crippen molar-refractivity contribution in [3.63, 3.8) is 0 Å². The van der Waals surface area contributed by atoms with Gasteiger partial charge in [-0.2, -0.15) is 0 Å². The number of methoxy groups -OCH3 is 2. The smallest absolute Gasteiger partial charge is 0.200 e. The number of hydrogen-bond donors (Lipinski definition) is 2. The lowest BCUT2D eigenvalue weighted by molar-refractivity contribution is 0.338. The molecule has 4 nitrogen and oxygen atoms in total.